The normalized spacial score (nSPS) is 12.3. The van der Waals surface area contributed by atoms with E-state index in [2.05, 4.69) is 5.32 Å². The smallest absolute Gasteiger partial charge is 0.241 e. The molecule has 28 heavy (non-hydrogen) atoms. The number of sulfonamides is 1. The first kappa shape index (κ1) is 22.3. The zero-order valence-corrected chi connectivity index (χ0v) is 18.1. The van der Waals surface area contributed by atoms with Crippen molar-refractivity contribution in [2.24, 2.45) is 0 Å². The minimum atomic E-state index is -3.75. The lowest BCUT2D eigenvalue weighted by Crippen LogP contribution is -2.41. The maximum Gasteiger partial charge on any atom is 0.241 e. The van der Waals surface area contributed by atoms with E-state index in [1.807, 2.05) is 38.1 Å². The monoisotopic (exact) mass is 444 g/mol. The molecule has 0 aliphatic heterocycles. The molecule has 0 heterocycles. The van der Waals surface area contributed by atoms with Gasteiger partial charge in [-0.15, -0.1) is 0 Å². The first-order valence-electron chi connectivity index (χ1n) is 8.57. The van der Waals surface area contributed by atoms with Crippen molar-refractivity contribution in [3.8, 4) is 5.75 Å². The zero-order valence-electron chi connectivity index (χ0n) is 15.8. The zero-order chi connectivity index (χ0) is 20.9. The molecular weight excluding hydrogens is 423 g/mol. The lowest BCUT2D eigenvalue weighted by molar-refractivity contribution is -0.120. The van der Waals surface area contributed by atoms with Crippen molar-refractivity contribution in [1.29, 1.82) is 0 Å². The fraction of sp³-hybridized carbons (Fsp3) is 0.316. The van der Waals surface area contributed by atoms with Crippen molar-refractivity contribution in [1.82, 2.24) is 5.32 Å². The van der Waals surface area contributed by atoms with E-state index in [0.717, 1.165) is 21.9 Å². The van der Waals surface area contributed by atoms with Crippen LogP contribution < -0.4 is 14.4 Å². The van der Waals surface area contributed by atoms with Crippen molar-refractivity contribution in [2.45, 2.75) is 19.9 Å². The Balaban J connectivity index is 2.14. The highest BCUT2D eigenvalue weighted by Crippen LogP contribution is 2.33. The number of nitrogens with one attached hydrogen (secondary N) is 1. The number of anilines is 1. The van der Waals surface area contributed by atoms with Gasteiger partial charge in [-0.1, -0.05) is 41.4 Å². The Labute approximate surface area is 175 Å². The summed E-state index contributed by atoms with van der Waals surface area (Å²) in [6.45, 7) is 3.86. The van der Waals surface area contributed by atoms with Crippen molar-refractivity contribution in [2.75, 3.05) is 23.7 Å². The van der Waals surface area contributed by atoms with Crippen LogP contribution in [0, 0.1) is 0 Å². The third kappa shape index (κ3) is 5.77. The number of hydrogen-bond donors (Lipinski definition) is 1. The number of ether oxygens (including phenoxy) is 1. The van der Waals surface area contributed by atoms with Crippen LogP contribution >= 0.6 is 23.2 Å². The molecule has 1 atom stereocenters. The van der Waals surface area contributed by atoms with E-state index in [4.69, 9.17) is 27.9 Å². The van der Waals surface area contributed by atoms with Crippen molar-refractivity contribution in [3.63, 3.8) is 0 Å². The predicted molar refractivity (Wildman–Crippen MR) is 113 cm³/mol. The molecule has 0 saturated heterocycles. The first-order valence-corrected chi connectivity index (χ1v) is 11.2. The minimum absolute atomic E-state index is 0.0713. The van der Waals surface area contributed by atoms with Gasteiger partial charge in [-0.2, -0.15) is 0 Å². The molecule has 0 aliphatic rings. The molecule has 0 saturated carbocycles. The van der Waals surface area contributed by atoms with Crippen molar-refractivity contribution >= 4 is 44.8 Å². The molecule has 9 heteroatoms. The molecule has 0 fully saturated rings. The van der Waals surface area contributed by atoms with Gasteiger partial charge < -0.3 is 10.1 Å². The van der Waals surface area contributed by atoms with Gasteiger partial charge in [-0.05, 0) is 43.7 Å². The summed E-state index contributed by atoms with van der Waals surface area (Å²) in [6, 6.07) is 11.6. The second kappa shape index (κ2) is 9.49. The van der Waals surface area contributed by atoms with E-state index in [1.54, 1.807) is 12.1 Å². The maximum atomic E-state index is 12.5. The van der Waals surface area contributed by atoms with Crippen LogP contribution in [0.3, 0.4) is 0 Å². The highest BCUT2D eigenvalue weighted by atomic mass is 35.5. The van der Waals surface area contributed by atoms with Gasteiger partial charge in [0.25, 0.3) is 0 Å². The Morgan fingerprint density at radius 3 is 2.39 bits per heavy atom. The van der Waals surface area contributed by atoms with E-state index in [9.17, 15) is 13.2 Å². The van der Waals surface area contributed by atoms with Crippen molar-refractivity contribution < 1.29 is 17.9 Å². The molecule has 6 nitrogen and oxygen atoms in total. The molecule has 0 bridgehead atoms. The standard InChI is InChI=1S/C19H22Cl2N2O4S/c1-4-27-15-10-8-14(9-11-15)13(2)22-18(24)12-23(28(3,25)26)17-7-5-6-16(20)19(17)21/h5-11,13H,4,12H2,1-3H3,(H,22,24)/t13-/m1/s1. The molecule has 2 aromatic carbocycles. The van der Waals surface area contributed by atoms with E-state index in [0.29, 0.717) is 6.61 Å². The lowest BCUT2D eigenvalue weighted by atomic mass is 10.1. The summed E-state index contributed by atoms with van der Waals surface area (Å²) in [5.74, 6) is 0.270. The van der Waals surface area contributed by atoms with Gasteiger partial charge in [-0.3, -0.25) is 9.10 Å². The van der Waals surface area contributed by atoms with E-state index in [1.165, 1.54) is 6.07 Å². The summed E-state index contributed by atoms with van der Waals surface area (Å²) in [7, 11) is -3.75. The molecule has 0 aromatic heterocycles. The topological polar surface area (TPSA) is 75.7 Å². The number of carbonyl (C=O) groups is 1. The number of benzene rings is 2. The van der Waals surface area contributed by atoms with Crippen molar-refractivity contribution in [3.05, 3.63) is 58.1 Å². The Morgan fingerprint density at radius 1 is 1.18 bits per heavy atom. The van der Waals surface area contributed by atoms with Gasteiger partial charge in [0.2, 0.25) is 15.9 Å². The van der Waals surface area contributed by atoms with Crippen LogP contribution in [0.1, 0.15) is 25.5 Å². The fourth-order valence-electron chi connectivity index (χ4n) is 2.59. The molecule has 0 radical (unpaired) electrons. The Hall–Kier alpha value is -1.96. The molecule has 0 aliphatic carbocycles. The molecule has 0 spiro atoms. The van der Waals surface area contributed by atoms with Gasteiger partial charge in [0.05, 0.1) is 34.6 Å². The molecule has 0 unspecified atom stereocenters. The Kier molecular flexibility index (Phi) is 7.57. The number of amides is 1. The molecule has 152 valence electrons. The fourth-order valence-corrected chi connectivity index (χ4v) is 3.90. The molecule has 1 amide bonds. The molecular formula is C19H22Cl2N2O4S. The van der Waals surface area contributed by atoms with Gasteiger partial charge in [-0.25, -0.2) is 8.42 Å². The maximum absolute atomic E-state index is 12.5. The number of halogens is 2. The SMILES string of the molecule is CCOc1ccc([C@@H](C)NC(=O)CN(c2cccc(Cl)c2Cl)S(C)(=O)=O)cc1. The minimum Gasteiger partial charge on any atom is -0.494 e. The number of nitrogens with zero attached hydrogens (tertiary/aromatic N) is 1. The summed E-state index contributed by atoms with van der Waals surface area (Å²) in [5, 5.41) is 3.07. The van der Waals surface area contributed by atoms with E-state index < -0.39 is 22.5 Å². The van der Waals surface area contributed by atoms with Gasteiger partial charge in [0.1, 0.15) is 12.3 Å². The second-order valence-corrected chi connectivity index (χ2v) is 8.83. The second-order valence-electron chi connectivity index (χ2n) is 6.13. The summed E-state index contributed by atoms with van der Waals surface area (Å²) in [5.41, 5.74) is 1.02. The molecule has 2 aromatic rings. The van der Waals surface area contributed by atoms with Crippen LogP contribution in [0.25, 0.3) is 0 Å². The third-order valence-electron chi connectivity index (χ3n) is 3.96. The van der Waals surface area contributed by atoms with E-state index >= 15 is 0 Å². The number of hydrogen-bond acceptors (Lipinski definition) is 4. The quantitative estimate of drug-likeness (QED) is 0.666. The summed E-state index contributed by atoms with van der Waals surface area (Å²) in [4.78, 5) is 12.5. The van der Waals surface area contributed by atoms with Gasteiger partial charge in [0.15, 0.2) is 0 Å². The average molecular weight is 445 g/mol. The number of rotatable bonds is 8. The summed E-state index contributed by atoms with van der Waals surface area (Å²) < 4.78 is 30.8. The summed E-state index contributed by atoms with van der Waals surface area (Å²) in [6.07, 6.45) is 1.01. The van der Waals surface area contributed by atoms with Crippen LogP contribution in [-0.4, -0.2) is 33.7 Å². The van der Waals surface area contributed by atoms with Crippen LogP contribution in [-0.2, 0) is 14.8 Å². The molecule has 2 rings (SSSR count). The van der Waals surface area contributed by atoms with Crippen LogP contribution in [0.15, 0.2) is 42.5 Å². The largest absolute Gasteiger partial charge is 0.494 e. The lowest BCUT2D eigenvalue weighted by Gasteiger charge is -2.24. The Bertz CT molecular complexity index is 933. The predicted octanol–water partition coefficient (Wildman–Crippen LogP) is 4.04. The number of carbonyl (C=O) groups excluding carboxylic acids is 1. The third-order valence-corrected chi connectivity index (χ3v) is 5.89. The van der Waals surface area contributed by atoms with Gasteiger partial charge >= 0.3 is 0 Å². The Morgan fingerprint density at radius 2 is 1.82 bits per heavy atom. The first-order chi connectivity index (χ1) is 13.1. The van der Waals surface area contributed by atoms with Crippen LogP contribution in [0.5, 0.6) is 5.75 Å². The van der Waals surface area contributed by atoms with E-state index in [-0.39, 0.29) is 21.8 Å². The van der Waals surface area contributed by atoms with Crippen LogP contribution in [0.2, 0.25) is 10.0 Å². The van der Waals surface area contributed by atoms with Crippen LogP contribution in [0.4, 0.5) is 5.69 Å². The highest BCUT2D eigenvalue weighted by Gasteiger charge is 2.24. The summed E-state index contributed by atoms with van der Waals surface area (Å²) >= 11 is 12.1. The average Bonchev–Trinajstić information content (AvgIpc) is 2.62. The highest BCUT2D eigenvalue weighted by molar-refractivity contribution is 7.92. The molecule has 1 N–H and O–H groups in total. The van der Waals surface area contributed by atoms with Gasteiger partial charge in [0, 0.05) is 0 Å².